The van der Waals surface area contributed by atoms with Gasteiger partial charge in [0.25, 0.3) is 5.91 Å². The van der Waals surface area contributed by atoms with Crippen molar-refractivity contribution in [1.82, 2.24) is 46.6 Å². The Morgan fingerprint density at radius 3 is 1.67 bits per heavy atom. The maximum Gasteiger partial charge on any atom is 0.410 e. The standard InChI is InChI=1S/C68H89N9O11/c1-39(69-12)57(78)73-55(66(3,4)5)63(84)77-38-47(36-54(77)61(82)72-52-27-19-23-42-21-15-17-25-50(42)52)70-59(80)43-28-30-44(31-29-43)64(85)87-48-33-32-45-35-53(60(81)71-51-26-18-22-41-20-14-16-24-49(41)51)76(37-46(45)34-48)62(83)56(67(6,7)8)74-58(79)40(2)75(13)65(86)88-68(9,10)11/h14-17,20-21,24-25,28-34,39-40,47,51-56,69H,18-19,22-23,26-27,35-38H2,1-13H3,(H,70,80)(H,71,81)(H,72,82)(H,73,78)(H,74,79)/t39-,40-,47?,51?,52?,53?,54?,55?,56?/m0/s1. The van der Waals surface area contributed by atoms with E-state index in [2.05, 4.69) is 44.0 Å². The maximum atomic E-state index is 15.2. The van der Waals surface area contributed by atoms with Gasteiger partial charge in [-0.25, -0.2) is 9.59 Å². The smallest absolute Gasteiger partial charge is 0.410 e. The molecule has 0 bridgehead atoms. The van der Waals surface area contributed by atoms with Crippen LogP contribution in [0.1, 0.15) is 174 Å². The number of aryl methyl sites for hydroxylation is 2. The van der Waals surface area contributed by atoms with Crippen LogP contribution >= 0.6 is 0 Å². The van der Waals surface area contributed by atoms with Gasteiger partial charge in [-0.2, -0.15) is 0 Å². The first kappa shape index (κ1) is 65.8. The molecule has 6 N–H and O–H groups in total. The van der Waals surface area contributed by atoms with Crippen LogP contribution in [0.5, 0.6) is 5.75 Å². The van der Waals surface area contributed by atoms with Gasteiger partial charge in [0, 0.05) is 38.2 Å². The van der Waals surface area contributed by atoms with Gasteiger partial charge in [0.05, 0.1) is 23.7 Å². The summed E-state index contributed by atoms with van der Waals surface area (Å²) in [7, 11) is 3.10. The highest BCUT2D eigenvalue weighted by Gasteiger charge is 2.47. The third kappa shape index (κ3) is 15.6. The molecule has 20 heteroatoms. The van der Waals surface area contributed by atoms with Gasteiger partial charge >= 0.3 is 12.1 Å². The zero-order chi connectivity index (χ0) is 64.2. The molecule has 8 rings (SSSR count). The fraction of sp³-hybridized carbons (Fsp3) is 0.515. The van der Waals surface area contributed by atoms with E-state index in [9.17, 15) is 38.4 Å². The lowest BCUT2D eigenvalue weighted by Gasteiger charge is -2.42. The van der Waals surface area contributed by atoms with Crippen molar-refractivity contribution in [3.63, 3.8) is 0 Å². The molecule has 2 aliphatic heterocycles. The molecule has 4 aromatic carbocycles. The summed E-state index contributed by atoms with van der Waals surface area (Å²) in [6, 6.07) is 20.0. The van der Waals surface area contributed by atoms with E-state index in [0.717, 1.165) is 66.3 Å². The van der Waals surface area contributed by atoms with Gasteiger partial charge in [-0.05, 0) is 167 Å². The summed E-state index contributed by atoms with van der Waals surface area (Å²) in [5.74, 6) is -3.72. The molecule has 1 saturated heterocycles. The Bertz CT molecular complexity index is 3290. The summed E-state index contributed by atoms with van der Waals surface area (Å²) in [4.78, 5) is 131. The largest absolute Gasteiger partial charge is 0.444 e. The minimum absolute atomic E-state index is 0.00337. The molecule has 2 heterocycles. The van der Waals surface area contributed by atoms with Gasteiger partial charge < -0.3 is 51.2 Å². The van der Waals surface area contributed by atoms with Crippen molar-refractivity contribution in [1.29, 1.82) is 0 Å². The fourth-order valence-corrected chi connectivity index (χ4v) is 12.0. The van der Waals surface area contributed by atoms with E-state index in [1.807, 2.05) is 77.9 Å². The van der Waals surface area contributed by atoms with Crippen LogP contribution in [0.3, 0.4) is 0 Å². The van der Waals surface area contributed by atoms with Gasteiger partial charge in [-0.3, -0.25) is 38.5 Å². The van der Waals surface area contributed by atoms with Crippen molar-refractivity contribution in [2.75, 3.05) is 20.6 Å². The molecular weight excluding hydrogens is 1120 g/mol. The van der Waals surface area contributed by atoms with Gasteiger partial charge in [0.15, 0.2) is 0 Å². The average molecular weight is 1210 g/mol. The predicted octanol–water partition coefficient (Wildman–Crippen LogP) is 7.17. The minimum atomic E-state index is -1.15. The fourth-order valence-electron chi connectivity index (χ4n) is 12.0. The minimum Gasteiger partial charge on any atom is -0.444 e. The molecule has 8 amide bonds. The van der Waals surface area contributed by atoms with E-state index in [1.165, 1.54) is 46.0 Å². The van der Waals surface area contributed by atoms with Gasteiger partial charge in [0.1, 0.15) is 41.6 Å². The first-order chi connectivity index (χ1) is 41.4. The Labute approximate surface area is 517 Å². The second-order valence-electron chi connectivity index (χ2n) is 27.2. The quantitative estimate of drug-likeness (QED) is 0.0483. The Morgan fingerprint density at radius 1 is 0.602 bits per heavy atom. The van der Waals surface area contributed by atoms with Crippen LogP contribution in [-0.2, 0) is 59.3 Å². The Hall–Kier alpha value is -8.13. The first-order valence-corrected chi connectivity index (χ1v) is 30.8. The van der Waals surface area contributed by atoms with Crippen molar-refractivity contribution in [2.24, 2.45) is 10.8 Å². The monoisotopic (exact) mass is 1210 g/mol. The average Bonchev–Trinajstić information content (AvgIpc) is 1.49. The van der Waals surface area contributed by atoms with Crippen molar-refractivity contribution < 1.29 is 52.6 Å². The molecule has 9 atom stereocenters. The summed E-state index contributed by atoms with van der Waals surface area (Å²) < 4.78 is 11.4. The van der Waals surface area contributed by atoms with Crippen molar-refractivity contribution in [3.8, 4) is 5.75 Å². The topological polar surface area (TPSA) is 254 Å². The number of carbonyl (C=O) groups is 9. The number of nitrogens with zero attached hydrogens (tertiary/aromatic N) is 3. The van der Waals surface area contributed by atoms with Crippen LogP contribution < -0.4 is 36.6 Å². The number of benzene rings is 4. The van der Waals surface area contributed by atoms with Crippen molar-refractivity contribution in [3.05, 3.63) is 136 Å². The molecule has 88 heavy (non-hydrogen) atoms. The molecule has 0 saturated carbocycles. The Kier molecular flexibility index (Phi) is 20.3. The number of amides is 8. The molecule has 7 unspecified atom stereocenters. The number of nitrogens with one attached hydrogen (secondary N) is 6. The third-order valence-electron chi connectivity index (χ3n) is 17.3. The highest BCUT2D eigenvalue weighted by atomic mass is 16.6. The number of likely N-dealkylation sites (tertiary alicyclic amines) is 1. The number of hydrogen-bond acceptors (Lipinski definition) is 12. The highest BCUT2D eigenvalue weighted by molar-refractivity contribution is 5.98. The maximum absolute atomic E-state index is 15.2. The highest BCUT2D eigenvalue weighted by Crippen LogP contribution is 2.35. The normalized spacial score (nSPS) is 20.4. The van der Waals surface area contributed by atoms with Crippen LogP contribution in [0.25, 0.3) is 0 Å². The molecule has 4 aliphatic rings. The van der Waals surface area contributed by atoms with E-state index in [-0.39, 0.29) is 72.6 Å². The lowest BCUT2D eigenvalue weighted by molar-refractivity contribution is -0.147. The molecule has 20 nitrogen and oxygen atoms in total. The van der Waals surface area contributed by atoms with E-state index < -0.39 is 94.4 Å². The zero-order valence-corrected chi connectivity index (χ0v) is 53.3. The Balaban J connectivity index is 0.983. The van der Waals surface area contributed by atoms with E-state index in [1.54, 1.807) is 59.9 Å². The molecule has 0 aromatic heterocycles. The van der Waals surface area contributed by atoms with E-state index in [4.69, 9.17) is 9.47 Å². The summed E-state index contributed by atoms with van der Waals surface area (Å²) in [6.45, 7) is 19.3. The number of ether oxygens (including phenoxy) is 2. The number of hydrogen-bond donors (Lipinski definition) is 6. The van der Waals surface area contributed by atoms with Crippen LogP contribution in [0.15, 0.2) is 91.0 Å². The second-order valence-corrected chi connectivity index (χ2v) is 27.2. The summed E-state index contributed by atoms with van der Waals surface area (Å²) >= 11 is 0. The number of esters is 1. The lowest BCUT2D eigenvalue weighted by atomic mass is 9.83. The number of likely N-dealkylation sites (N-methyl/N-ethyl adjacent to an activating group) is 2. The summed E-state index contributed by atoms with van der Waals surface area (Å²) in [6.07, 6.45) is 4.50. The molecule has 2 aliphatic carbocycles. The predicted molar refractivity (Wildman–Crippen MR) is 333 cm³/mol. The molecule has 4 aromatic rings. The van der Waals surface area contributed by atoms with E-state index in [0.29, 0.717) is 5.56 Å². The van der Waals surface area contributed by atoms with Crippen molar-refractivity contribution >= 4 is 53.4 Å². The zero-order valence-electron chi connectivity index (χ0n) is 53.3. The second kappa shape index (κ2) is 27.1. The lowest BCUT2D eigenvalue weighted by Crippen LogP contribution is -2.62. The third-order valence-corrected chi connectivity index (χ3v) is 17.3. The van der Waals surface area contributed by atoms with Crippen LogP contribution in [-0.4, -0.2) is 137 Å². The first-order valence-electron chi connectivity index (χ1n) is 30.8. The van der Waals surface area contributed by atoms with Crippen LogP contribution in [0, 0.1) is 10.8 Å². The molecule has 472 valence electrons. The molecular formula is C68H89N9O11. The molecule has 0 spiro atoms. The van der Waals surface area contributed by atoms with Crippen LogP contribution in [0.4, 0.5) is 4.79 Å². The summed E-state index contributed by atoms with van der Waals surface area (Å²) in [5, 5.41) is 18.2. The Morgan fingerprint density at radius 2 is 1.12 bits per heavy atom. The molecule has 0 radical (unpaired) electrons. The van der Waals surface area contributed by atoms with Gasteiger partial charge in [0.2, 0.25) is 35.4 Å². The van der Waals surface area contributed by atoms with Gasteiger partial charge in [-0.1, -0.05) is 96.1 Å². The number of fused-ring (bicyclic) bond motifs is 3. The molecule has 1 fully saturated rings. The SMILES string of the molecule is CN[C@@H](C)C(=O)NC(C(=O)N1CC(NC(=O)c2ccc(C(=O)Oc3ccc4c(c3)CN(C(=O)C(NC(=O)[C@H](C)N(C)C(=O)OC(C)(C)C)C(C)(C)C)C(C(=O)NC3CCCc5ccccc53)C4)cc2)CC1C(=O)NC1CCCc2ccccc21)C(C)(C)C. The van der Waals surface area contributed by atoms with Crippen LogP contribution in [0.2, 0.25) is 0 Å². The number of rotatable bonds is 16. The van der Waals surface area contributed by atoms with Crippen molar-refractivity contribution in [2.45, 2.75) is 194 Å². The van der Waals surface area contributed by atoms with Gasteiger partial charge in [-0.15, -0.1) is 0 Å². The summed E-state index contributed by atoms with van der Waals surface area (Å²) in [5.41, 5.74) is 3.64. The number of carbonyl (C=O) groups excluding carboxylic acids is 9. The van der Waals surface area contributed by atoms with E-state index >= 15 is 4.79 Å².